The molecule has 0 aromatic heterocycles. The summed E-state index contributed by atoms with van der Waals surface area (Å²) >= 11 is 0. The van der Waals surface area contributed by atoms with E-state index in [0.717, 1.165) is 32.2 Å². The third-order valence-electron chi connectivity index (χ3n) is 7.09. The molecule has 3 heterocycles. The average molecular weight is 394 g/mol. The van der Waals surface area contributed by atoms with Gasteiger partial charge >= 0.3 is 6.03 Å². The van der Waals surface area contributed by atoms with Gasteiger partial charge in [0.1, 0.15) is 6.61 Å². The first-order valence-corrected chi connectivity index (χ1v) is 11.1. The summed E-state index contributed by atoms with van der Waals surface area (Å²) in [7, 11) is 0. The van der Waals surface area contributed by atoms with Crippen molar-refractivity contribution in [2.24, 2.45) is 11.8 Å². The molecule has 0 unspecified atom stereocenters. The van der Waals surface area contributed by atoms with E-state index in [1.165, 1.54) is 19.3 Å². The first-order valence-electron chi connectivity index (χ1n) is 11.1. The van der Waals surface area contributed by atoms with Crippen LogP contribution >= 0.6 is 0 Å². The maximum atomic E-state index is 12.8. The molecule has 4 atom stereocenters. The summed E-state index contributed by atoms with van der Waals surface area (Å²) in [5, 5.41) is 6.26. The lowest BCUT2D eigenvalue weighted by atomic mass is 9.73. The minimum atomic E-state index is -0.196. The molecule has 1 saturated carbocycles. The number of amides is 3. The fourth-order valence-electron chi connectivity index (χ4n) is 5.66. The Balaban J connectivity index is 1.31. The first kappa shape index (κ1) is 20.0. The summed E-state index contributed by atoms with van der Waals surface area (Å²) in [4.78, 5) is 26.8. The molecule has 0 aromatic rings. The molecule has 158 valence electrons. The Morgan fingerprint density at radius 1 is 1.21 bits per heavy atom. The Morgan fingerprint density at radius 3 is 2.75 bits per heavy atom. The van der Waals surface area contributed by atoms with Crippen LogP contribution in [0, 0.1) is 11.8 Å². The molecule has 4 rings (SSSR count). The zero-order valence-electron chi connectivity index (χ0n) is 17.2. The van der Waals surface area contributed by atoms with Crippen LogP contribution in [-0.2, 0) is 14.3 Å². The number of rotatable bonds is 6. The fourth-order valence-corrected chi connectivity index (χ4v) is 5.66. The second-order valence-corrected chi connectivity index (χ2v) is 9.36. The third kappa shape index (κ3) is 4.01. The molecule has 0 aromatic carbocycles. The van der Waals surface area contributed by atoms with E-state index >= 15 is 0 Å². The van der Waals surface area contributed by atoms with Gasteiger partial charge in [0.2, 0.25) is 5.91 Å². The van der Waals surface area contributed by atoms with Gasteiger partial charge in [-0.15, -0.1) is 0 Å². The van der Waals surface area contributed by atoms with E-state index in [4.69, 9.17) is 9.47 Å². The zero-order valence-corrected chi connectivity index (χ0v) is 17.2. The van der Waals surface area contributed by atoms with E-state index in [-0.39, 0.29) is 42.3 Å². The number of likely N-dealkylation sites (tertiary alicyclic amines) is 1. The molecular formula is C21H35N3O4. The topological polar surface area (TPSA) is 79.9 Å². The van der Waals surface area contributed by atoms with Gasteiger partial charge in [0.05, 0.1) is 24.4 Å². The van der Waals surface area contributed by atoms with Crippen LogP contribution in [0.3, 0.4) is 0 Å². The minimum absolute atomic E-state index is 0.0471. The summed E-state index contributed by atoms with van der Waals surface area (Å²) in [5.41, 5.74) is -0.196. The SMILES string of the molecule is CC(C)OCC(=O)NC[C@H]1[C@H]2CN(C(=O)NC3CCCCC3)C[C@]23CC[C@H]1O3. The van der Waals surface area contributed by atoms with Crippen molar-refractivity contribution in [2.45, 2.75) is 82.6 Å². The number of urea groups is 1. The molecule has 3 aliphatic heterocycles. The lowest BCUT2D eigenvalue weighted by Gasteiger charge is -2.29. The predicted molar refractivity (Wildman–Crippen MR) is 105 cm³/mol. The van der Waals surface area contributed by atoms with Crippen molar-refractivity contribution >= 4 is 11.9 Å². The molecule has 2 N–H and O–H groups in total. The van der Waals surface area contributed by atoms with E-state index < -0.39 is 0 Å². The van der Waals surface area contributed by atoms with Crippen molar-refractivity contribution in [2.75, 3.05) is 26.2 Å². The van der Waals surface area contributed by atoms with E-state index in [1.54, 1.807) is 0 Å². The number of ether oxygens (including phenoxy) is 2. The molecule has 4 aliphatic rings. The summed E-state index contributed by atoms with van der Waals surface area (Å²) in [6.45, 7) is 5.97. The van der Waals surface area contributed by atoms with E-state index in [1.807, 2.05) is 18.7 Å². The van der Waals surface area contributed by atoms with Crippen LogP contribution in [0.25, 0.3) is 0 Å². The quantitative estimate of drug-likeness (QED) is 0.724. The maximum Gasteiger partial charge on any atom is 0.317 e. The van der Waals surface area contributed by atoms with Crippen LogP contribution in [0.1, 0.15) is 58.8 Å². The van der Waals surface area contributed by atoms with Gasteiger partial charge in [-0.2, -0.15) is 0 Å². The largest absolute Gasteiger partial charge is 0.369 e. The number of fused-ring (bicyclic) bond motifs is 1. The molecule has 1 spiro atoms. The van der Waals surface area contributed by atoms with Gasteiger partial charge in [0.25, 0.3) is 0 Å². The van der Waals surface area contributed by atoms with E-state index in [2.05, 4.69) is 10.6 Å². The minimum Gasteiger partial charge on any atom is -0.369 e. The molecule has 2 bridgehead atoms. The van der Waals surface area contributed by atoms with Gasteiger partial charge in [-0.3, -0.25) is 4.79 Å². The summed E-state index contributed by atoms with van der Waals surface area (Å²) in [6.07, 6.45) is 8.21. The molecule has 7 heteroatoms. The lowest BCUT2D eigenvalue weighted by Crippen LogP contribution is -2.46. The summed E-state index contributed by atoms with van der Waals surface area (Å²) in [5.74, 6) is 0.523. The zero-order chi connectivity index (χ0) is 19.7. The maximum absolute atomic E-state index is 12.8. The van der Waals surface area contributed by atoms with Crippen LogP contribution in [0.4, 0.5) is 4.79 Å². The van der Waals surface area contributed by atoms with Crippen LogP contribution < -0.4 is 10.6 Å². The Labute approximate surface area is 167 Å². The summed E-state index contributed by atoms with van der Waals surface area (Å²) in [6, 6.07) is 0.392. The highest BCUT2D eigenvalue weighted by Gasteiger charge is 2.63. The number of nitrogens with zero attached hydrogens (tertiary/aromatic N) is 1. The molecule has 4 fully saturated rings. The van der Waals surface area contributed by atoms with Crippen LogP contribution in [0.15, 0.2) is 0 Å². The number of hydrogen-bond acceptors (Lipinski definition) is 4. The predicted octanol–water partition coefficient (Wildman–Crippen LogP) is 2.05. The molecule has 3 saturated heterocycles. The van der Waals surface area contributed by atoms with Crippen molar-refractivity contribution < 1.29 is 19.1 Å². The Kier molecular flexibility index (Phi) is 5.83. The van der Waals surface area contributed by atoms with Crippen LogP contribution in [0.2, 0.25) is 0 Å². The van der Waals surface area contributed by atoms with Crippen molar-refractivity contribution in [1.82, 2.24) is 15.5 Å². The highest BCUT2D eigenvalue weighted by atomic mass is 16.5. The second kappa shape index (κ2) is 8.19. The average Bonchev–Trinajstić information content (AvgIpc) is 3.34. The Morgan fingerprint density at radius 2 is 2.00 bits per heavy atom. The molecule has 3 amide bonds. The van der Waals surface area contributed by atoms with Crippen LogP contribution in [-0.4, -0.2) is 66.9 Å². The van der Waals surface area contributed by atoms with Crippen molar-refractivity contribution in [3.63, 3.8) is 0 Å². The van der Waals surface area contributed by atoms with E-state index in [9.17, 15) is 9.59 Å². The van der Waals surface area contributed by atoms with Crippen LogP contribution in [0.5, 0.6) is 0 Å². The second-order valence-electron chi connectivity index (χ2n) is 9.36. The number of carbonyl (C=O) groups excluding carboxylic acids is 2. The van der Waals surface area contributed by atoms with Crippen molar-refractivity contribution in [1.29, 1.82) is 0 Å². The number of carbonyl (C=O) groups is 2. The normalized spacial score (nSPS) is 34.7. The first-order chi connectivity index (χ1) is 13.5. The Bertz CT molecular complexity index is 592. The summed E-state index contributed by atoms with van der Waals surface area (Å²) < 4.78 is 11.8. The monoisotopic (exact) mass is 393 g/mol. The standard InChI is InChI=1S/C21H35N3O4/c1-14(2)27-12-19(25)22-10-16-17-11-24(13-21(17)9-8-18(16)28-21)20(26)23-15-6-4-3-5-7-15/h14-18H,3-13H2,1-2H3,(H,22,25)(H,23,26)/t16-,17+,18+,21+/m0/s1. The van der Waals surface area contributed by atoms with Crippen molar-refractivity contribution in [3.8, 4) is 0 Å². The fraction of sp³-hybridized carbons (Fsp3) is 0.905. The smallest absolute Gasteiger partial charge is 0.317 e. The van der Waals surface area contributed by atoms with Crippen molar-refractivity contribution in [3.05, 3.63) is 0 Å². The molecule has 7 nitrogen and oxygen atoms in total. The highest BCUT2D eigenvalue weighted by molar-refractivity contribution is 5.77. The van der Waals surface area contributed by atoms with Gasteiger partial charge < -0.3 is 25.0 Å². The van der Waals surface area contributed by atoms with Gasteiger partial charge in [-0.25, -0.2) is 4.79 Å². The number of nitrogens with one attached hydrogen (secondary N) is 2. The lowest BCUT2D eigenvalue weighted by molar-refractivity contribution is -0.127. The van der Waals surface area contributed by atoms with Gasteiger partial charge in [-0.05, 0) is 39.5 Å². The molecule has 1 aliphatic carbocycles. The van der Waals surface area contributed by atoms with E-state index in [0.29, 0.717) is 25.0 Å². The molecule has 28 heavy (non-hydrogen) atoms. The molecule has 0 radical (unpaired) electrons. The molecular weight excluding hydrogens is 358 g/mol. The van der Waals surface area contributed by atoms with Gasteiger partial charge in [-0.1, -0.05) is 19.3 Å². The van der Waals surface area contributed by atoms with Gasteiger partial charge in [0, 0.05) is 31.0 Å². The third-order valence-corrected chi connectivity index (χ3v) is 7.09. The highest BCUT2D eigenvalue weighted by Crippen LogP contribution is 2.54. The van der Waals surface area contributed by atoms with Gasteiger partial charge in [0.15, 0.2) is 0 Å². The number of hydrogen-bond donors (Lipinski definition) is 2. The Hall–Kier alpha value is -1.34.